The minimum Gasteiger partial charge on any atom is -0.383 e. The second-order valence-electron chi connectivity index (χ2n) is 5.45. The van der Waals surface area contributed by atoms with Gasteiger partial charge < -0.3 is 14.5 Å². The summed E-state index contributed by atoms with van der Waals surface area (Å²) in [6, 6.07) is 0.0279. The Morgan fingerprint density at radius 1 is 1.30 bits per heavy atom. The highest BCUT2D eigenvalue weighted by molar-refractivity contribution is 5.92. The summed E-state index contributed by atoms with van der Waals surface area (Å²) in [5, 5.41) is 7.79. The number of carbonyl (C=O) groups excluding carboxylic acids is 2. The Bertz CT molecular complexity index is 511. The highest BCUT2D eigenvalue weighted by Gasteiger charge is 2.22. The molecular formula is C15H27N5O3. The average Bonchev–Trinajstić information content (AvgIpc) is 2.96. The summed E-state index contributed by atoms with van der Waals surface area (Å²) in [7, 11) is 1.60. The lowest BCUT2D eigenvalue weighted by Crippen LogP contribution is -2.39. The molecule has 0 spiro atoms. The van der Waals surface area contributed by atoms with Crippen LogP contribution < -0.4 is 0 Å². The summed E-state index contributed by atoms with van der Waals surface area (Å²) >= 11 is 0. The number of nitrogens with zero attached hydrogens (tertiary/aromatic N) is 5. The molecule has 0 aliphatic heterocycles. The van der Waals surface area contributed by atoms with Gasteiger partial charge in [-0.3, -0.25) is 9.59 Å². The van der Waals surface area contributed by atoms with Crippen LogP contribution >= 0.6 is 0 Å². The molecule has 1 heterocycles. The second-order valence-corrected chi connectivity index (χ2v) is 5.45. The van der Waals surface area contributed by atoms with Crippen LogP contribution in [0.1, 0.15) is 38.2 Å². The molecule has 8 heteroatoms. The second kappa shape index (κ2) is 9.24. The third-order valence-corrected chi connectivity index (χ3v) is 3.59. The van der Waals surface area contributed by atoms with Crippen LogP contribution in [0.4, 0.5) is 0 Å². The van der Waals surface area contributed by atoms with Crippen LogP contribution in [0.5, 0.6) is 0 Å². The van der Waals surface area contributed by atoms with E-state index in [0.717, 1.165) is 0 Å². The molecule has 0 N–H and O–H groups in total. The van der Waals surface area contributed by atoms with Crippen molar-refractivity contribution in [2.24, 2.45) is 0 Å². The van der Waals surface area contributed by atoms with Crippen molar-refractivity contribution >= 4 is 11.8 Å². The minimum absolute atomic E-state index is 0.0279. The van der Waals surface area contributed by atoms with Gasteiger partial charge in [0.15, 0.2) is 5.69 Å². The molecule has 1 rings (SSSR count). The van der Waals surface area contributed by atoms with E-state index in [2.05, 4.69) is 10.3 Å². The third kappa shape index (κ3) is 5.31. The number of rotatable bonds is 9. The van der Waals surface area contributed by atoms with Gasteiger partial charge in [0.25, 0.3) is 5.91 Å². The predicted octanol–water partition coefficient (Wildman–Crippen LogP) is 0.644. The number of ether oxygens (including phenoxy) is 1. The van der Waals surface area contributed by atoms with Crippen molar-refractivity contribution in [1.82, 2.24) is 24.8 Å². The van der Waals surface area contributed by atoms with E-state index in [1.807, 2.05) is 27.7 Å². The summed E-state index contributed by atoms with van der Waals surface area (Å²) in [5.74, 6) is -0.252. The first kappa shape index (κ1) is 19.1. The Labute approximate surface area is 137 Å². The molecule has 1 aromatic heterocycles. The van der Waals surface area contributed by atoms with Crippen molar-refractivity contribution in [3.63, 3.8) is 0 Å². The zero-order chi connectivity index (χ0) is 17.4. The van der Waals surface area contributed by atoms with Crippen LogP contribution in [0.15, 0.2) is 6.20 Å². The fourth-order valence-corrected chi connectivity index (χ4v) is 2.22. The maximum atomic E-state index is 12.5. The van der Waals surface area contributed by atoms with Crippen molar-refractivity contribution < 1.29 is 14.3 Å². The topological polar surface area (TPSA) is 80.6 Å². The van der Waals surface area contributed by atoms with Gasteiger partial charge in [-0.1, -0.05) is 5.21 Å². The average molecular weight is 325 g/mol. The molecule has 0 radical (unpaired) electrons. The molecule has 0 aliphatic rings. The van der Waals surface area contributed by atoms with Gasteiger partial charge in [-0.15, -0.1) is 5.10 Å². The molecule has 0 atom stereocenters. The van der Waals surface area contributed by atoms with E-state index in [1.54, 1.807) is 16.9 Å². The summed E-state index contributed by atoms with van der Waals surface area (Å²) in [6.07, 6.45) is 1.52. The molecule has 0 unspecified atom stereocenters. The Hall–Kier alpha value is -1.96. The maximum Gasteiger partial charge on any atom is 0.276 e. The van der Waals surface area contributed by atoms with Crippen LogP contribution in [0.2, 0.25) is 0 Å². The van der Waals surface area contributed by atoms with Crippen LogP contribution in [0, 0.1) is 0 Å². The monoisotopic (exact) mass is 325 g/mol. The van der Waals surface area contributed by atoms with Gasteiger partial charge in [0.2, 0.25) is 5.91 Å². The molecule has 0 aliphatic carbocycles. The number of likely N-dealkylation sites (N-methyl/N-ethyl adjacent to an activating group) is 1. The highest BCUT2D eigenvalue weighted by atomic mass is 16.5. The number of carbonyl (C=O) groups is 2. The Morgan fingerprint density at radius 2 is 1.96 bits per heavy atom. The molecule has 0 bridgehead atoms. The fraction of sp³-hybridized carbons (Fsp3) is 0.733. The van der Waals surface area contributed by atoms with E-state index in [-0.39, 0.29) is 30.1 Å². The number of methoxy groups -OCH3 is 1. The SMILES string of the molecule is CCN(CC)C(=O)Cn1cc(C(=O)N(CCOC)C(C)C)nn1. The number of hydrogen-bond donors (Lipinski definition) is 0. The van der Waals surface area contributed by atoms with Crippen LogP contribution in [0.25, 0.3) is 0 Å². The molecule has 0 aromatic carbocycles. The molecule has 0 fully saturated rings. The van der Waals surface area contributed by atoms with E-state index < -0.39 is 0 Å². The van der Waals surface area contributed by atoms with Gasteiger partial charge in [0, 0.05) is 32.8 Å². The standard InChI is InChI=1S/C15H27N5O3/c1-6-18(7-2)14(21)11-19-10-13(16-17-19)15(22)20(12(3)4)8-9-23-5/h10,12H,6-9,11H2,1-5H3. The molecular weight excluding hydrogens is 298 g/mol. The van der Waals surface area contributed by atoms with Gasteiger partial charge in [-0.05, 0) is 27.7 Å². The Balaban J connectivity index is 2.77. The number of amides is 2. The summed E-state index contributed by atoms with van der Waals surface area (Å²) in [5.41, 5.74) is 0.238. The van der Waals surface area contributed by atoms with Gasteiger partial charge in [0.1, 0.15) is 6.54 Å². The summed E-state index contributed by atoms with van der Waals surface area (Å²) in [4.78, 5) is 27.9. The Kier molecular flexibility index (Phi) is 7.67. The first-order valence-electron chi connectivity index (χ1n) is 7.92. The molecule has 23 heavy (non-hydrogen) atoms. The van der Waals surface area contributed by atoms with Gasteiger partial charge in [0.05, 0.1) is 12.8 Å². The first-order chi connectivity index (χ1) is 10.9. The van der Waals surface area contributed by atoms with Crippen molar-refractivity contribution in [2.75, 3.05) is 33.4 Å². The van der Waals surface area contributed by atoms with E-state index in [0.29, 0.717) is 26.2 Å². The van der Waals surface area contributed by atoms with Gasteiger partial charge in [-0.25, -0.2) is 4.68 Å². The van der Waals surface area contributed by atoms with E-state index in [4.69, 9.17) is 4.74 Å². The van der Waals surface area contributed by atoms with Gasteiger partial charge in [-0.2, -0.15) is 0 Å². The van der Waals surface area contributed by atoms with Crippen LogP contribution in [-0.2, 0) is 16.1 Å². The normalized spacial score (nSPS) is 10.9. The van der Waals surface area contributed by atoms with Crippen molar-refractivity contribution in [1.29, 1.82) is 0 Å². The number of aromatic nitrogens is 3. The summed E-state index contributed by atoms with van der Waals surface area (Å²) < 4.78 is 6.44. The Morgan fingerprint density at radius 3 is 2.48 bits per heavy atom. The van der Waals surface area contributed by atoms with Crippen LogP contribution in [-0.4, -0.2) is 76.0 Å². The number of hydrogen-bond acceptors (Lipinski definition) is 5. The molecule has 1 aromatic rings. The highest BCUT2D eigenvalue weighted by Crippen LogP contribution is 2.06. The van der Waals surface area contributed by atoms with Crippen LogP contribution in [0.3, 0.4) is 0 Å². The maximum absolute atomic E-state index is 12.5. The molecule has 8 nitrogen and oxygen atoms in total. The van der Waals surface area contributed by atoms with Crippen molar-refractivity contribution in [3.05, 3.63) is 11.9 Å². The molecule has 130 valence electrons. The zero-order valence-corrected chi connectivity index (χ0v) is 14.7. The lowest BCUT2D eigenvalue weighted by atomic mass is 10.3. The zero-order valence-electron chi connectivity index (χ0n) is 14.7. The third-order valence-electron chi connectivity index (χ3n) is 3.59. The van der Waals surface area contributed by atoms with Gasteiger partial charge >= 0.3 is 0 Å². The molecule has 2 amide bonds. The van der Waals surface area contributed by atoms with E-state index >= 15 is 0 Å². The quantitative estimate of drug-likeness (QED) is 0.666. The van der Waals surface area contributed by atoms with E-state index in [1.165, 1.54) is 10.9 Å². The largest absolute Gasteiger partial charge is 0.383 e. The molecule has 0 saturated heterocycles. The van der Waals surface area contributed by atoms with E-state index in [9.17, 15) is 9.59 Å². The lowest BCUT2D eigenvalue weighted by molar-refractivity contribution is -0.131. The first-order valence-corrected chi connectivity index (χ1v) is 7.92. The van der Waals surface area contributed by atoms with Crippen molar-refractivity contribution in [2.45, 2.75) is 40.3 Å². The predicted molar refractivity (Wildman–Crippen MR) is 86.0 cm³/mol. The van der Waals surface area contributed by atoms with Crippen molar-refractivity contribution in [3.8, 4) is 0 Å². The lowest BCUT2D eigenvalue weighted by Gasteiger charge is -2.25. The molecule has 0 saturated carbocycles. The fourth-order valence-electron chi connectivity index (χ4n) is 2.22. The minimum atomic E-state index is -0.210. The summed E-state index contributed by atoms with van der Waals surface area (Å²) in [6.45, 7) is 10.0. The smallest absolute Gasteiger partial charge is 0.276 e.